The Balaban J connectivity index is 2.18. The van der Waals surface area contributed by atoms with Gasteiger partial charge in [0.15, 0.2) is 5.79 Å². The molecule has 2 heterocycles. The Morgan fingerprint density at radius 1 is 1.40 bits per heavy atom. The van der Waals surface area contributed by atoms with E-state index in [1.54, 1.807) is 13.8 Å². The van der Waals surface area contributed by atoms with Gasteiger partial charge in [-0.1, -0.05) is 0 Å². The van der Waals surface area contributed by atoms with E-state index in [4.69, 9.17) is 18.4 Å². The van der Waals surface area contributed by atoms with Crippen LogP contribution in [0.15, 0.2) is 0 Å². The summed E-state index contributed by atoms with van der Waals surface area (Å²) in [5, 5.41) is 0. The molecule has 8 heteroatoms. The molecule has 0 radical (unpaired) electrons. The van der Waals surface area contributed by atoms with Crippen molar-refractivity contribution in [1.82, 2.24) is 0 Å². The summed E-state index contributed by atoms with van der Waals surface area (Å²) in [6.07, 6.45) is 0.612. The Bertz CT molecular complexity index is 470. The van der Waals surface area contributed by atoms with Crippen molar-refractivity contribution < 1.29 is 31.6 Å². The number of cyclic esters (lactones) is 1. The van der Waals surface area contributed by atoms with E-state index in [-0.39, 0.29) is 6.61 Å². The first-order chi connectivity index (χ1) is 9.18. The number of ether oxygens (including phenoxy) is 3. The van der Waals surface area contributed by atoms with Crippen LogP contribution in [-0.4, -0.2) is 51.9 Å². The average Bonchev–Trinajstić information content (AvgIpc) is 2.66. The van der Waals surface area contributed by atoms with Crippen LogP contribution in [0.5, 0.6) is 0 Å². The molecule has 2 aliphatic rings. The third-order valence-electron chi connectivity index (χ3n) is 3.29. The number of hydrogen-bond donors (Lipinski definition) is 0. The quantitative estimate of drug-likeness (QED) is 0.550. The Morgan fingerprint density at radius 2 is 2.10 bits per heavy atom. The standard InChI is InChI=1S/C12H20O7S/c1-12(2)17-7-9(18-12)10(19-20(3,14)15)8-5-4-6-16-11(8)13/h8-10H,4-7H2,1-3H3/t8?,9-,10?/m1/s1. The lowest BCUT2D eigenvalue weighted by molar-refractivity contribution is -0.170. The van der Waals surface area contributed by atoms with Crippen molar-refractivity contribution in [2.75, 3.05) is 19.5 Å². The highest BCUT2D eigenvalue weighted by Gasteiger charge is 2.46. The van der Waals surface area contributed by atoms with Gasteiger partial charge in [0.05, 0.1) is 25.4 Å². The molecule has 116 valence electrons. The summed E-state index contributed by atoms with van der Waals surface area (Å²) in [5.74, 6) is -1.92. The monoisotopic (exact) mass is 308 g/mol. The highest BCUT2D eigenvalue weighted by Crippen LogP contribution is 2.32. The van der Waals surface area contributed by atoms with E-state index in [0.29, 0.717) is 19.4 Å². The summed E-state index contributed by atoms with van der Waals surface area (Å²) in [5.41, 5.74) is 0. The van der Waals surface area contributed by atoms with Crippen LogP contribution in [0.2, 0.25) is 0 Å². The molecule has 2 saturated heterocycles. The number of rotatable bonds is 4. The van der Waals surface area contributed by atoms with Gasteiger partial charge in [-0.15, -0.1) is 0 Å². The molecule has 2 fully saturated rings. The van der Waals surface area contributed by atoms with Gasteiger partial charge in [0.25, 0.3) is 10.1 Å². The largest absolute Gasteiger partial charge is 0.465 e. The maximum Gasteiger partial charge on any atom is 0.311 e. The van der Waals surface area contributed by atoms with Gasteiger partial charge >= 0.3 is 5.97 Å². The summed E-state index contributed by atoms with van der Waals surface area (Å²) in [7, 11) is -3.71. The molecular weight excluding hydrogens is 288 g/mol. The van der Waals surface area contributed by atoms with Gasteiger partial charge in [0.2, 0.25) is 0 Å². The molecule has 0 amide bonds. The molecule has 0 aromatic carbocycles. The molecule has 2 rings (SSSR count). The molecule has 2 aliphatic heterocycles. The van der Waals surface area contributed by atoms with Crippen molar-refractivity contribution in [2.24, 2.45) is 5.92 Å². The average molecular weight is 308 g/mol. The van der Waals surface area contributed by atoms with Crippen LogP contribution in [0.1, 0.15) is 26.7 Å². The minimum Gasteiger partial charge on any atom is -0.465 e. The minimum absolute atomic E-state index is 0.178. The van der Waals surface area contributed by atoms with Crippen LogP contribution in [0.3, 0.4) is 0 Å². The summed E-state index contributed by atoms with van der Waals surface area (Å²) in [6, 6.07) is 0. The summed E-state index contributed by atoms with van der Waals surface area (Å²) < 4.78 is 44.0. The lowest BCUT2D eigenvalue weighted by Gasteiger charge is -2.31. The van der Waals surface area contributed by atoms with Crippen LogP contribution in [0.25, 0.3) is 0 Å². The second kappa shape index (κ2) is 5.59. The van der Waals surface area contributed by atoms with Gasteiger partial charge in [-0.25, -0.2) is 0 Å². The highest BCUT2D eigenvalue weighted by molar-refractivity contribution is 7.86. The van der Waals surface area contributed by atoms with Crippen LogP contribution in [-0.2, 0) is 33.3 Å². The van der Waals surface area contributed by atoms with Crippen LogP contribution >= 0.6 is 0 Å². The van der Waals surface area contributed by atoms with Crippen molar-refractivity contribution >= 4 is 16.1 Å². The fraction of sp³-hybridized carbons (Fsp3) is 0.917. The van der Waals surface area contributed by atoms with Gasteiger partial charge in [0.1, 0.15) is 12.2 Å². The third-order valence-corrected chi connectivity index (χ3v) is 3.86. The molecule has 3 atom stereocenters. The van der Waals surface area contributed by atoms with E-state index < -0.39 is 40.0 Å². The summed E-state index contributed by atoms with van der Waals surface area (Å²) >= 11 is 0. The zero-order chi connectivity index (χ0) is 15.0. The maximum atomic E-state index is 11.8. The van der Waals surface area contributed by atoms with Crippen LogP contribution in [0, 0.1) is 5.92 Å². The van der Waals surface area contributed by atoms with Crippen LogP contribution < -0.4 is 0 Å². The smallest absolute Gasteiger partial charge is 0.311 e. The van der Waals surface area contributed by atoms with Crippen molar-refractivity contribution in [3.05, 3.63) is 0 Å². The molecule has 0 bridgehead atoms. The fourth-order valence-electron chi connectivity index (χ4n) is 2.47. The molecule has 0 aliphatic carbocycles. The Labute approximate surface area is 118 Å². The van der Waals surface area contributed by atoms with Gasteiger partial charge < -0.3 is 14.2 Å². The van der Waals surface area contributed by atoms with E-state index in [1.165, 1.54) is 0 Å². The SMILES string of the molecule is CC1(C)OC[C@H](C(OS(C)(=O)=O)C2CCCOC2=O)O1. The van der Waals surface area contributed by atoms with Crippen LogP contribution in [0.4, 0.5) is 0 Å². The molecule has 0 aromatic heterocycles. The second-order valence-corrected chi connectivity index (χ2v) is 7.15. The topological polar surface area (TPSA) is 88.1 Å². The number of hydrogen-bond acceptors (Lipinski definition) is 7. The summed E-state index contributed by atoms with van der Waals surface area (Å²) in [4.78, 5) is 11.8. The zero-order valence-corrected chi connectivity index (χ0v) is 12.6. The predicted octanol–water partition coefficient (Wildman–Crippen LogP) is 0.436. The Kier molecular flexibility index (Phi) is 4.38. The number of carbonyl (C=O) groups excluding carboxylic acids is 1. The molecule has 0 N–H and O–H groups in total. The first kappa shape index (κ1) is 15.7. The Hall–Kier alpha value is -0.700. The van der Waals surface area contributed by atoms with Crippen molar-refractivity contribution in [1.29, 1.82) is 0 Å². The third kappa shape index (κ3) is 3.91. The first-order valence-corrected chi connectivity index (χ1v) is 8.36. The zero-order valence-electron chi connectivity index (χ0n) is 11.8. The second-order valence-electron chi connectivity index (χ2n) is 5.55. The van der Waals surface area contributed by atoms with Crippen molar-refractivity contribution in [2.45, 2.75) is 44.7 Å². The Morgan fingerprint density at radius 3 is 2.60 bits per heavy atom. The lowest BCUT2D eigenvalue weighted by Crippen LogP contribution is -2.45. The first-order valence-electron chi connectivity index (χ1n) is 6.55. The fourth-order valence-corrected chi connectivity index (χ4v) is 3.13. The molecule has 0 spiro atoms. The summed E-state index contributed by atoms with van der Waals surface area (Å²) in [6.45, 7) is 3.98. The minimum atomic E-state index is -3.71. The van der Waals surface area contributed by atoms with Gasteiger partial charge in [-0.2, -0.15) is 8.42 Å². The molecule has 2 unspecified atom stereocenters. The molecule has 0 saturated carbocycles. The maximum absolute atomic E-state index is 11.8. The van der Waals surface area contributed by atoms with Crippen molar-refractivity contribution in [3.63, 3.8) is 0 Å². The van der Waals surface area contributed by atoms with E-state index in [2.05, 4.69) is 0 Å². The van der Waals surface area contributed by atoms with E-state index >= 15 is 0 Å². The molecule has 0 aromatic rings. The number of carbonyl (C=O) groups is 1. The predicted molar refractivity (Wildman–Crippen MR) is 68.3 cm³/mol. The molecule has 7 nitrogen and oxygen atoms in total. The molecule has 20 heavy (non-hydrogen) atoms. The van der Waals surface area contributed by atoms with Gasteiger partial charge in [0, 0.05) is 0 Å². The highest BCUT2D eigenvalue weighted by atomic mass is 32.2. The van der Waals surface area contributed by atoms with Gasteiger partial charge in [-0.3, -0.25) is 8.98 Å². The van der Waals surface area contributed by atoms with E-state index in [1.807, 2.05) is 0 Å². The van der Waals surface area contributed by atoms with E-state index in [0.717, 1.165) is 6.26 Å². The lowest BCUT2D eigenvalue weighted by atomic mass is 9.92. The normalized spacial score (nSPS) is 31.9. The molecular formula is C12H20O7S. The number of esters is 1. The van der Waals surface area contributed by atoms with Crippen molar-refractivity contribution in [3.8, 4) is 0 Å². The van der Waals surface area contributed by atoms with Gasteiger partial charge in [-0.05, 0) is 26.7 Å². The van der Waals surface area contributed by atoms with E-state index in [9.17, 15) is 13.2 Å².